The normalized spacial score (nSPS) is 11.1. The van der Waals surface area contributed by atoms with Gasteiger partial charge in [-0.25, -0.2) is 4.98 Å². The Bertz CT molecular complexity index is 1200. The fourth-order valence-electron chi connectivity index (χ4n) is 3.25. The van der Waals surface area contributed by atoms with Crippen molar-refractivity contribution in [2.24, 2.45) is 0 Å². The molecular formula is C24H21ClF3N3O2S. The Morgan fingerprint density at radius 3 is 1.91 bits per heavy atom. The van der Waals surface area contributed by atoms with Crippen molar-refractivity contribution in [1.82, 2.24) is 9.97 Å². The Hall–Kier alpha value is -3.30. The molecule has 178 valence electrons. The summed E-state index contributed by atoms with van der Waals surface area (Å²) in [4.78, 5) is 8.48. The van der Waals surface area contributed by atoms with Crippen molar-refractivity contribution < 1.29 is 22.6 Å². The molecule has 1 heterocycles. The Morgan fingerprint density at radius 2 is 1.41 bits per heavy atom. The Morgan fingerprint density at radius 1 is 0.853 bits per heavy atom. The van der Waals surface area contributed by atoms with Crippen molar-refractivity contribution in [3.63, 3.8) is 0 Å². The van der Waals surface area contributed by atoms with E-state index < -0.39 is 11.7 Å². The van der Waals surface area contributed by atoms with E-state index in [4.69, 9.17) is 20.2 Å². The second-order valence-corrected chi connectivity index (χ2v) is 8.11. The van der Waals surface area contributed by atoms with E-state index in [9.17, 15) is 13.2 Å². The van der Waals surface area contributed by atoms with E-state index in [1.807, 2.05) is 48.5 Å². The highest BCUT2D eigenvalue weighted by molar-refractivity contribution is 7.99. The third-order valence-electron chi connectivity index (χ3n) is 4.97. The van der Waals surface area contributed by atoms with Crippen LogP contribution in [0, 0.1) is 0 Å². The number of nitrogens with zero attached hydrogens (tertiary/aromatic N) is 1. The number of nitrogen functional groups attached to an aromatic ring is 1. The van der Waals surface area contributed by atoms with E-state index in [0.717, 1.165) is 46.5 Å². The summed E-state index contributed by atoms with van der Waals surface area (Å²) in [7, 11) is 3.19. The van der Waals surface area contributed by atoms with Gasteiger partial charge in [0.25, 0.3) is 0 Å². The number of rotatable bonds is 6. The molecule has 0 saturated carbocycles. The monoisotopic (exact) mass is 507 g/mol. The second-order valence-electron chi connectivity index (χ2n) is 7.07. The van der Waals surface area contributed by atoms with Gasteiger partial charge in [-0.05, 0) is 78.5 Å². The minimum Gasteiger partial charge on any atom is -0.497 e. The van der Waals surface area contributed by atoms with Crippen LogP contribution in [-0.2, 0) is 6.18 Å². The number of hydrogen-bond acceptors (Lipinski definition) is 5. The molecule has 0 saturated heterocycles. The first-order chi connectivity index (χ1) is 15.8. The molecule has 3 N–H and O–H groups in total. The Labute approximate surface area is 204 Å². The number of H-pyrrole nitrogens is 1. The smallest absolute Gasteiger partial charge is 0.416 e. The summed E-state index contributed by atoms with van der Waals surface area (Å²) < 4.78 is 49.4. The lowest BCUT2D eigenvalue weighted by Gasteiger charge is -2.09. The minimum atomic E-state index is -4.45. The van der Waals surface area contributed by atoms with E-state index in [1.165, 1.54) is 6.07 Å². The van der Waals surface area contributed by atoms with E-state index in [1.54, 1.807) is 14.2 Å². The van der Waals surface area contributed by atoms with Gasteiger partial charge in [-0.2, -0.15) is 13.2 Å². The molecule has 0 unspecified atom stereocenters. The van der Waals surface area contributed by atoms with Gasteiger partial charge in [-0.15, -0.1) is 12.4 Å². The molecule has 4 aromatic rings. The van der Waals surface area contributed by atoms with Gasteiger partial charge in [-0.3, -0.25) is 0 Å². The van der Waals surface area contributed by atoms with Crippen LogP contribution in [0.3, 0.4) is 0 Å². The first kappa shape index (κ1) is 25.3. The third kappa shape index (κ3) is 5.43. The number of aromatic nitrogens is 2. The number of halogens is 4. The molecule has 10 heteroatoms. The predicted molar refractivity (Wildman–Crippen MR) is 130 cm³/mol. The van der Waals surface area contributed by atoms with Gasteiger partial charge in [0.15, 0.2) is 5.16 Å². The molecule has 34 heavy (non-hydrogen) atoms. The number of hydrogen-bond donors (Lipinski definition) is 2. The number of nitrogens with two attached hydrogens (primary N) is 1. The van der Waals surface area contributed by atoms with Crippen LogP contribution in [0.15, 0.2) is 76.8 Å². The fourth-order valence-corrected chi connectivity index (χ4v) is 4.06. The van der Waals surface area contributed by atoms with Crippen molar-refractivity contribution >= 4 is 29.9 Å². The van der Waals surface area contributed by atoms with Crippen molar-refractivity contribution in [3.8, 4) is 34.0 Å². The Balaban J connectivity index is 0.00000324. The molecule has 0 aliphatic rings. The van der Waals surface area contributed by atoms with E-state index in [-0.39, 0.29) is 18.1 Å². The topological polar surface area (TPSA) is 73.2 Å². The van der Waals surface area contributed by atoms with Gasteiger partial charge in [0.2, 0.25) is 0 Å². The van der Waals surface area contributed by atoms with Gasteiger partial charge in [-0.1, -0.05) is 0 Å². The van der Waals surface area contributed by atoms with Crippen LogP contribution in [0.1, 0.15) is 5.56 Å². The molecule has 5 nitrogen and oxygen atoms in total. The van der Waals surface area contributed by atoms with Gasteiger partial charge in [0.1, 0.15) is 11.5 Å². The number of imidazole rings is 1. The van der Waals surface area contributed by atoms with Gasteiger partial charge in [0, 0.05) is 21.7 Å². The summed E-state index contributed by atoms with van der Waals surface area (Å²) in [5, 5.41) is 0.498. The van der Waals surface area contributed by atoms with Gasteiger partial charge in [0.05, 0.1) is 31.2 Å². The van der Waals surface area contributed by atoms with Crippen LogP contribution in [0.4, 0.5) is 18.9 Å². The zero-order valence-corrected chi connectivity index (χ0v) is 19.8. The molecule has 0 aliphatic carbocycles. The predicted octanol–water partition coefficient (Wildman–Crippen LogP) is 6.93. The van der Waals surface area contributed by atoms with Crippen molar-refractivity contribution in [3.05, 3.63) is 72.3 Å². The lowest BCUT2D eigenvalue weighted by Crippen LogP contribution is -2.05. The molecule has 0 amide bonds. The van der Waals surface area contributed by atoms with Crippen LogP contribution < -0.4 is 15.2 Å². The highest BCUT2D eigenvalue weighted by atomic mass is 35.5. The maximum absolute atomic E-state index is 13.0. The molecule has 4 rings (SSSR count). The van der Waals surface area contributed by atoms with Crippen molar-refractivity contribution in [2.75, 3.05) is 20.0 Å². The third-order valence-corrected chi connectivity index (χ3v) is 5.95. The molecule has 0 atom stereocenters. The highest BCUT2D eigenvalue weighted by Crippen LogP contribution is 2.39. The maximum atomic E-state index is 13.0. The number of aromatic amines is 1. The van der Waals surface area contributed by atoms with Crippen LogP contribution in [0.5, 0.6) is 11.5 Å². The van der Waals surface area contributed by atoms with Crippen LogP contribution in [-0.4, -0.2) is 24.2 Å². The number of ether oxygens (including phenoxy) is 2. The zero-order chi connectivity index (χ0) is 23.6. The number of alkyl halides is 3. The molecular weight excluding hydrogens is 487 g/mol. The molecule has 0 aliphatic heterocycles. The summed E-state index contributed by atoms with van der Waals surface area (Å²) in [5.41, 5.74) is 8.33. The van der Waals surface area contributed by atoms with Crippen molar-refractivity contribution in [1.29, 1.82) is 0 Å². The molecule has 0 fully saturated rings. The van der Waals surface area contributed by atoms with Gasteiger partial charge >= 0.3 is 6.18 Å². The largest absolute Gasteiger partial charge is 0.497 e. The molecule has 0 radical (unpaired) electrons. The second kappa shape index (κ2) is 10.3. The summed E-state index contributed by atoms with van der Waals surface area (Å²) in [5.74, 6) is 1.43. The quantitative estimate of drug-likeness (QED) is 0.277. The number of nitrogens with one attached hydrogen (secondary N) is 1. The highest BCUT2D eigenvalue weighted by Gasteiger charge is 2.31. The maximum Gasteiger partial charge on any atom is 0.416 e. The van der Waals surface area contributed by atoms with Crippen LogP contribution in [0.2, 0.25) is 0 Å². The number of anilines is 1. The molecule has 0 bridgehead atoms. The van der Waals surface area contributed by atoms with E-state index >= 15 is 0 Å². The molecule has 0 spiro atoms. The molecule has 1 aromatic heterocycles. The van der Waals surface area contributed by atoms with Gasteiger partial charge < -0.3 is 20.2 Å². The lowest BCUT2D eigenvalue weighted by molar-refractivity contribution is -0.137. The van der Waals surface area contributed by atoms with Crippen LogP contribution in [0.25, 0.3) is 22.5 Å². The SMILES string of the molecule is COc1ccc(-c2nc(Sc3ccc(C(F)(F)F)cc3N)[nH]c2-c2ccc(OC)cc2)cc1.Cl. The first-order valence-corrected chi connectivity index (χ1v) is 10.6. The standard InChI is InChI=1S/C24H20F3N3O2S.ClH/c1-31-17-8-3-14(4-9-17)21-22(15-5-10-18(32-2)11-6-15)30-23(29-21)33-20-12-7-16(13-19(20)28)24(25,26)27;/h3-13H,28H2,1-2H3,(H,29,30);1H. The summed E-state index contributed by atoms with van der Waals surface area (Å²) in [6.07, 6.45) is -4.45. The van der Waals surface area contributed by atoms with E-state index in [0.29, 0.717) is 21.5 Å². The fraction of sp³-hybridized carbons (Fsp3) is 0.125. The molecule has 3 aromatic carbocycles. The van der Waals surface area contributed by atoms with Crippen molar-refractivity contribution in [2.45, 2.75) is 16.2 Å². The lowest BCUT2D eigenvalue weighted by atomic mass is 10.0. The minimum absolute atomic E-state index is 0. The average Bonchev–Trinajstić information content (AvgIpc) is 3.23. The summed E-state index contributed by atoms with van der Waals surface area (Å²) in [6, 6.07) is 18.2. The zero-order valence-electron chi connectivity index (χ0n) is 18.1. The summed E-state index contributed by atoms with van der Waals surface area (Å²) in [6.45, 7) is 0. The number of benzene rings is 3. The number of methoxy groups -OCH3 is 2. The summed E-state index contributed by atoms with van der Waals surface area (Å²) >= 11 is 1.16. The average molecular weight is 508 g/mol. The van der Waals surface area contributed by atoms with E-state index in [2.05, 4.69) is 4.98 Å². The Kier molecular flexibility index (Phi) is 7.68. The van der Waals surface area contributed by atoms with Crippen LogP contribution >= 0.6 is 24.2 Å². The first-order valence-electron chi connectivity index (χ1n) is 9.82.